The Hall–Kier alpha value is -1.16. The zero-order valence-electron chi connectivity index (χ0n) is 5.62. The molecule has 1 aromatic rings. The first-order valence-electron chi connectivity index (χ1n) is 3.00. The summed E-state index contributed by atoms with van der Waals surface area (Å²) in [4.78, 5) is 10.1. The van der Waals surface area contributed by atoms with Gasteiger partial charge in [0.15, 0.2) is 6.29 Å². The van der Waals surface area contributed by atoms with E-state index in [2.05, 4.69) is 0 Å². The van der Waals surface area contributed by atoms with Crippen molar-refractivity contribution in [2.75, 3.05) is 0 Å². The van der Waals surface area contributed by atoms with Gasteiger partial charge in [-0.05, 0) is 12.1 Å². The Kier molecular flexibility index (Phi) is 2.38. The van der Waals surface area contributed by atoms with E-state index in [1.807, 2.05) is 0 Å². The number of halogens is 1. The summed E-state index contributed by atoms with van der Waals surface area (Å²) >= 11 is 0. The number of hydrogen-bond donors (Lipinski definition) is 1. The Morgan fingerprint density at radius 2 is 2.27 bits per heavy atom. The molecule has 0 unspecified atom stereocenters. The van der Waals surface area contributed by atoms with E-state index in [1.165, 1.54) is 12.1 Å². The molecule has 0 amide bonds. The molecule has 0 aliphatic heterocycles. The van der Waals surface area contributed by atoms with Gasteiger partial charge in [0.1, 0.15) is 5.82 Å². The Morgan fingerprint density at radius 1 is 1.55 bits per heavy atom. The van der Waals surface area contributed by atoms with Crippen LogP contribution in [0, 0.1) is 5.82 Å². The fourth-order valence-electron chi connectivity index (χ4n) is 0.719. The first-order valence-corrected chi connectivity index (χ1v) is 3.00. The molecule has 0 bridgehead atoms. The highest BCUT2D eigenvalue weighted by Crippen LogP contribution is 2.00. The summed E-state index contributed by atoms with van der Waals surface area (Å²) in [6.07, 6.45) is 0.427. The zero-order chi connectivity index (χ0) is 8.27. The van der Waals surface area contributed by atoms with Crippen molar-refractivity contribution in [1.82, 2.24) is 0 Å². The zero-order valence-corrected chi connectivity index (χ0v) is 5.62. The minimum atomic E-state index is -0.622. The average molecular weight is 151 g/mol. The molecule has 0 saturated carbocycles. The SMILES string of the molecule is O=Cc1ccc([B]O)cc1F. The van der Waals surface area contributed by atoms with E-state index in [0.717, 1.165) is 13.5 Å². The van der Waals surface area contributed by atoms with Crippen molar-refractivity contribution in [2.24, 2.45) is 0 Å². The van der Waals surface area contributed by atoms with Crippen LogP contribution < -0.4 is 5.46 Å². The Morgan fingerprint density at radius 3 is 2.73 bits per heavy atom. The molecule has 0 spiro atoms. The van der Waals surface area contributed by atoms with Crippen LogP contribution >= 0.6 is 0 Å². The van der Waals surface area contributed by atoms with E-state index in [4.69, 9.17) is 5.02 Å². The van der Waals surface area contributed by atoms with Crippen molar-refractivity contribution in [3.8, 4) is 0 Å². The van der Waals surface area contributed by atoms with Crippen LogP contribution in [0.15, 0.2) is 18.2 Å². The Bertz CT molecular complexity index is 275. The fraction of sp³-hybridized carbons (Fsp3) is 0. The van der Waals surface area contributed by atoms with Crippen molar-refractivity contribution in [3.63, 3.8) is 0 Å². The first-order chi connectivity index (χ1) is 5.27. The Labute approximate surface area is 63.9 Å². The van der Waals surface area contributed by atoms with Gasteiger partial charge in [0, 0.05) is 5.56 Å². The van der Waals surface area contributed by atoms with E-state index in [-0.39, 0.29) is 5.56 Å². The molecule has 11 heavy (non-hydrogen) atoms. The normalized spacial score (nSPS) is 9.27. The molecule has 0 heterocycles. The van der Waals surface area contributed by atoms with Crippen molar-refractivity contribution in [3.05, 3.63) is 29.6 Å². The second kappa shape index (κ2) is 3.30. The smallest absolute Gasteiger partial charge is 0.326 e. The van der Waals surface area contributed by atoms with Gasteiger partial charge in [-0.25, -0.2) is 4.39 Å². The summed E-state index contributed by atoms with van der Waals surface area (Å²) in [6, 6.07) is 3.85. The average Bonchev–Trinajstić information content (AvgIpc) is 2.04. The topological polar surface area (TPSA) is 37.3 Å². The molecule has 0 aliphatic carbocycles. The van der Waals surface area contributed by atoms with Gasteiger partial charge in [0.05, 0.1) is 0 Å². The summed E-state index contributed by atoms with van der Waals surface area (Å²) in [5, 5.41) is 8.45. The van der Waals surface area contributed by atoms with Crippen LogP contribution in [0.25, 0.3) is 0 Å². The van der Waals surface area contributed by atoms with Crippen LogP contribution in [0.2, 0.25) is 0 Å². The standard InChI is InChI=1S/C7H5BFO2/c9-7-3-6(8-11)2-1-5(7)4-10/h1-4,11H. The molecule has 0 fully saturated rings. The third-order valence-electron chi connectivity index (χ3n) is 1.30. The van der Waals surface area contributed by atoms with Gasteiger partial charge in [0.25, 0.3) is 0 Å². The van der Waals surface area contributed by atoms with E-state index in [0.29, 0.717) is 11.7 Å². The number of carbonyl (C=O) groups is 1. The monoisotopic (exact) mass is 151 g/mol. The molecule has 0 saturated heterocycles. The minimum Gasteiger partial charge on any atom is -0.450 e. The molecule has 1 radical (unpaired) electrons. The molecule has 1 N–H and O–H groups in total. The molecule has 1 aromatic carbocycles. The lowest BCUT2D eigenvalue weighted by molar-refractivity contribution is 0.112. The van der Waals surface area contributed by atoms with Gasteiger partial charge in [-0.1, -0.05) is 11.5 Å². The molecular formula is C7H5BFO2. The van der Waals surface area contributed by atoms with E-state index < -0.39 is 5.82 Å². The van der Waals surface area contributed by atoms with E-state index >= 15 is 0 Å². The maximum Gasteiger partial charge on any atom is 0.326 e. The molecule has 1 rings (SSSR count). The van der Waals surface area contributed by atoms with Gasteiger partial charge >= 0.3 is 7.48 Å². The van der Waals surface area contributed by atoms with E-state index in [1.54, 1.807) is 0 Å². The van der Waals surface area contributed by atoms with Crippen LogP contribution in [0.1, 0.15) is 10.4 Å². The van der Waals surface area contributed by atoms with E-state index in [9.17, 15) is 9.18 Å². The predicted molar refractivity (Wildman–Crippen MR) is 39.4 cm³/mol. The van der Waals surface area contributed by atoms with Crippen LogP contribution in [0.4, 0.5) is 4.39 Å². The van der Waals surface area contributed by atoms with Crippen molar-refractivity contribution < 1.29 is 14.2 Å². The maximum absolute atomic E-state index is 12.7. The minimum absolute atomic E-state index is 0.00407. The highest BCUT2D eigenvalue weighted by Gasteiger charge is 2.01. The number of aldehydes is 1. The number of hydrogen-bond acceptors (Lipinski definition) is 2. The van der Waals surface area contributed by atoms with Crippen molar-refractivity contribution >= 4 is 19.2 Å². The van der Waals surface area contributed by atoms with Crippen molar-refractivity contribution in [2.45, 2.75) is 0 Å². The lowest BCUT2D eigenvalue weighted by Gasteiger charge is -1.95. The predicted octanol–water partition coefficient (Wildman–Crippen LogP) is -0.125. The summed E-state index contributed by atoms with van der Waals surface area (Å²) in [6.45, 7) is 0. The molecule has 2 nitrogen and oxygen atoms in total. The van der Waals surface area contributed by atoms with Gasteiger partial charge in [-0.15, -0.1) is 0 Å². The molecule has 0 atom stereocenters. The van der Waals surface area contributed by atoms with Crippen molar-refractivity contribution in [1.29, 1.82) is 0 Å². The first kappa shape index (κ1) is 7.95. The van der Waals surface area contributed by atoms with Gasteiger partial charge in [-0.3, -0.25) is 4.79 Å². The number of rotatable bonds is 2. The fourth-order valence-corrected chi connectivity index (χ4v) is 0.719. The lowest BCUT2D eigenvalue weighted by atomic mass is 9.88. The highest BCUT2D eigenvalue weighted by atomic mass is 19.1. The molecule has 0 aliphatic rings. The largest absolute Gasteiger partial charge is 0.450 e. The summed E-state index contributed by atoms with van der Waals surface area (Å²) in [7, 11) is 0.775. The third-order valence-corrected chi connectivity index (χ3v) is 1.30. The van der Waals surface area contributed by atoms with Crippen LogP contribution in [-0.2, 0) is 0 Å². The molecule has 4 heteroatoms. The summed E-state index contributed by atoms with van der Waals surface area (Å²) in [5.41, 5.74) is 0.337. The quantitative estimate of drug-likeness (QED) is 0.472. The Balaban J connectivity index is 3.09. The van der Waals surface area contributed by atoms with Crippen LogP contribution in [0.3, 0.4) is 0 Å². The maximum atomic E-state index is 12.7. The van der Waals surface area contributed by atoms with Gasteiger partial charge in [-0.2, -0.15) is 0 Å². The lowest BCUT2D eigenvalue weighted by Crippen LogP contribution is -2.14. The summed E-state index contributed by atoms with van der Waals surface area (Å²) < 4.78 is 12.7. The molecule has 55 valence electrons. The van der Waals surface area contributed by atoms with Gasteiger partial charge < -0.3 is 5.02 Å². The molecular weight excluding hydrogens is 146 g/mol. The third kappa shape index (κ3) is 1.65. The second-order valence-corrected chi connectivity index (χ2v) is 2.03. The summed E-state index contributed by atoms with van der Waals surface area (Å²) in [5.74, 6) is -0.622. The highest BCUT2D eigenvalue weighted by molar-refractivity contribution is 6.45. The number of carbonyl (C=O) groups excluding carboxylic acids is 1. The molecule has 0 aromatic heterocycles. The second-order valence-electron chi connectivity index (χ2n) is 2.03. The van der Waals surface area contributed by atoms with Crippen LogP contribution in [0.5, 0.6) is 0 Å². The van der Waals surface area contributed by atoms with Gasteiger partial charge in [0.2, 0.25) is 0 Å². The van der Waals surface area contributed by atoms with Crippen LogP contribution in [-0.4, -0.2) is 18.8 Å². The number of benzene rings is 1.